The number of amides is 2. The van der Waals surface area contributed by atoms with Gasteiger partial charge in [0.25, 0.3) is 0 Å². The van der Waals surface area contributed by atoms with Crippen molar-refractivity contribution < 1.29 is 19.1 Å². The molecular formula is C18H26N2O4. The summed E-state index contributed by atoms with van der Waals surface area (Å²) in [5.41, 5.74) is -0.116. The monoisotopic (exact) mass is 334 g/mol. The number of ether oxygens (including phenoxy) is 1. The molecule has 2 N–H and O–H groups in total. The average molecular weight is 334 g/mol. The number of hydrogen-bond acceptors (Lipinski definition) is 4. The predicted molar refractivity (Wildman–Crippen MR) is 91.2 cm³/mol. The number of nitrogens with one attached hydrogen (secondary N) is 2. The van der Waals surface area contributed by atoms with Crippen LogP contribution in [0.1, 0.15) is 38.7 Å². The van der Waals surface area contributed by atoms with Crippen LogP contribution in [0.2, 0.25) is 0 Å². The minimum Gasteiger partial charge on any atom is -0.467 e. The molecule has 0 saturated heterocycles. The summed E-state index contributed by atoms with van der Waals surface area (Å²) in [7, 11) is 1.30. The van der Waals surface area contributed by atoms with E-state index in [1.165, 1.54) is 7.11 Å². The number of carbonyl (C=O) groups is 3. The van der Waals surface area contributed by atoms with Crippen LogP contribution in [0.3, 0.4) is 0 Å². The second kappa shape index (κ2) is 9.70. The second-order valence-electron chi connectivity index (χ2n) is 5.88. The van der Waals surface area contributed by atoms with Crippen molar-refractivity contribution in [1.82, 2.24) is 10.6 Å². The first-order chi connectivity index (χ1) is 11.4. The molecular weight excluding hydrogens is 308 g/mol. The summed E-state index contributed by atoms with van der Waals surface area (Å²) < 4.78 is 4.75. The predicted octanol–water partition coefficient (Wildman–Crippen LogP) is 1.58. The Morgan fingerprint density at radius 2 is 1.79 bits per heavy atom. The summed E-state index contributed by atoms with van der Waals surface area (Å²) in [6, 6.07) is 9.38. The topological polar surface area (TPSA) is 84.5 Å². The lowest BCUT2D eigenvalue weighted by Crippen LogP contribution is -2.53. The summed E-state index contributed by atoms with van der Waals surface area (Å²) in [4.78, 5) is 35.7. The van der Waals surface area contributed by atoms with Gasteiger partial charge in [0.05, 0.1) is 13.5 Å². The van der Waals surface area contributed by atoms with Crippen LogP contribution in [-0.2, 0) is 25.5 Å². The van der Waals surface area contributed by atoms with Crippen LogP contribution in [0.25, 0.3) is 0 Å². The fraction of sp³-hybridized carbons (Fsp3) is 0.500. The maximum Gasteiger partial charge on any atom is 0.331 e. The summed E-state index contributed by atoms with van der Waals surface area (Å²) in [6.07, 6.45) is 1.61. The van der Waals surface area contributed by atoms with Gasteiger partial charge in [0, 0.05) is 13.0 Å². The molecule has 1 aromatic carbocycles. The van der Waals surface area contributed by atoms with Crippen molar-refractivity contribution in [2.24, 2.45) is 0 Å². The Balaban J connectivity index is 2.39. The van der Waals surface area contributed by atoms with E-state index in [9.17, 15) is 14.4 Å². The highest BCUT2D eigenvalue weighted by Gasteiger charge is 2.34. The van der Waals surface area contributed by atoms with Crippen LogP contribution in [0.15, 0.2) is 30.3 Å². The molecule has 6 nitrogen and oxygen atoms in total. The van der Waals surface area contributed by atoms with Gasteiger partial charge in [0.2, 0.25) is 11.8 Å². The van der Waals surface area contributed by atoms with Crippen LogP contribution in [0.5, 0.6) is 0 Å². The summed E-state index contributed by atoms with van der Waals surface area (Å²) in [6.45, 7) is 3.80. The molecule has 1 unspecified atom stereocenters. The van der Waals surface area contributed by atoms with Crippen molar-refractivity contribution in [2.75, 3.05) is 13.7 Å². The Labute approximate surface area is 143 Å². The van der Waals surface area contributed by atoms with E-state index < -0.39 is 11.5 Å². The van der Waals surface area contributed by atoms with Crippen molar-refractivity contribution >= 4 is 17.8 Å². The normalized spacial score (nSPS) is 12.8. The van der Waals surface area contributed by atoms with Gasteiger partial charge in [0.15, 0.2) is 0 Å². The molecule has 0 aliphatic heterocycles. The smallest absolute Gasteiger partial charge is 0.331 e. The molecule has 0 saturated carbocycles. The SMILES string of the molecule is CCCC(C)(NC(=O)CCNC(=O)Cc1ccccc1)C(=O)OC. The molecule has 1 aromatic rings. The molecule has 6 heteroatoms. The molecule has 1 rings (SSSR count). The molecule has 2 amide bonds. The Bertz CT molecular complexity index is 559. The third-order valence-electron chi connectivity index (χ3n) is 3.68. The maximum atomic E-state index is 12.0. The Hall–Kier alpha value is -2.37. The minimum atomic E-state index is -1.03. The zero-order valence-electron chi connectivity index (χ0n) is 14.6. The lowest BCUT2D eigenvalue weighted by atomic mass is 9.96. The molecule has 24 heavy (non-hydrogen) atoms. The van der Waals surface area contributed by atoms with Gasteiger partial charge >= 0.3 is 5.97 Å². The minimum absolute atomic E-state index is 0.108. The van der Waals surface area contributed by atoms with Gasteiger partial charge < -0.3 is 15.4 Å². The molecule has 0 fully saturated rings. The van der Waals surface area contributed by atoms with Gasteiger partial charge in [-0.25, -0.2) is 4.79 Å². The van der Waals surface area contributed by atoms with Crippen LogP contribution in [0.4, 0.5) is 0 Å². The first-order valence-electron chi connectivity index (χ1n) is 8.11. The number of methoxy groups -OCH3 is 1. The lowest BCUT2D eigenvalue weighted by molar-refractivity contribution is -0.150. The van der Waals surface area contributed by atoms with Gasteiger partial charge in [-0.05, 0) is 18.9 Å². The average Bonchev–Trinajstić information content (AvgIpc) is 2.55. The van der Waals surface area contributed by atoms with E-state index in [1.54, 1.807) is 6.92 Å². The van der Waals surface area contributed by atoms with Gasteiger partial charge in [-0.2, -0.15) is 0 Å². The molecule has 0 aliphatic rings. The number of carbonyl (C=O) groups excluding carboxylic acids is 3. The largest absolute Gasteiger partial charge is 0.467 e. The van der Waals surface area contributed by atoms with E-state index >= 15 is 0 Å². The number of rotatable bonds is 9. The summed E-state index contributed by atoms with van der Waals surface area (Å²) >= 11 is 0. The van der Waals surface area contributed by atoms with E-state index in [0.717, 1.165) is 12.0 Å². The zero-order chi connectivity index (χ0) is 18.0. The molecule has 132 valence electrons. The van der Waals surface area contributed by atoms with E-state index in [4.69, 9.17) is 4.74 Å². The fourth-order valence-corrected chi connectivity index (χ4v) is 2.47. The second-order valence-corrected chi connectivity index (χ2v) is 5.88. The Kier molecular flexibility index (Phi) is 7.95. The Morgan fingerprint density at radius 3 is 2.38 bits per heavy atom. The molecule has 0 aliphatic carbocycles. The maximum absolute atomic E-state index is 12.0. The fourth-order valence-electron chi connectivity index (χ4n) is 2.47. The molecule has 1 atom stereocenters. The third-order valence-corrected chi connectivity index (χ3v) is 3.68. The van der Waals surface area contributed by atoms with Crippen molar-refractivity contribution in [3.8, 4) is 0 Å². The standard InChI is InChI=1S/C18H26N2O4/c1-4-11-18(2,17(23)24-3)20-15(21)10-12-19-16(22)13-14-8-6-5-7-9-14/h5-9H,4,10-13H2,1-3H3,(H,19,22)(H,20,21). The molecule has 0 aromatic heterocycles. The van der Waals surface area contributed by atoms with Crippen molar-refractivity contribution in [1.29, 1.82) is 0 Å². The van der Waals surface area contributed by atoms with Crippen molar-refractivity contribution in [2.45, 2.75) is 45.1 Å². The van der Waals surface area contributed by atoms with Gasteiger partial charge in [-0.15, -0.1) is 0 Å². The van der Waals surface area contributed by atoms with Crippen molar-refractivity contribution in [3.05, 3.63) is 35.9 Å². The van der Waals surface area contributed by atoms with E-state index in [0.29, 0.717) is 6.42 Å². The molecule has 0 heterocycles. The molecule has 0 radical (unpaired) electrons. The molecule has 0 bridgehead atoms. The van der Waals surface area contributed by atoms with Gasteiger partial charge in [-0.3, -0.25) is 9.59 Å². The van der Waals surface area contributed by atoms with Crippen LogP contribution < -0.4 is 10.6 Å². The third kappa shape index (κ3) is 6.40. The van der Waals surface area contributed by atoms with Gasteiger partial charge in [-0.1, -0.05) is 43.7 Å². The van der Waals surface area contributed by atoms with Crippen LogP contribution >= 0.6 is 0 Å². The summed E-state index contributed by atoms with van der Waals surface area (Å²) in [5, 5.41) is 5.41. The van der Waals surface area contributed by atoms with Crippen LogP contribution in [-0.4, -0.2) is 37.0 Å². The first kappa shape index (κ1) is 19.7. The lowest BCUT2D eigenvalue weighted by Gasteiger charge is -2.27. The number of hydrogen-bond donors (Lipinski definition) is 2. The van der Waals surface area contributed by atoms with Crippen molar-refractivity contribution in [3.63, 3.8) is 0 Å². The highest BCUT2D eigenvalue weighted by atomic mass is 16.5. The van der Waals surface area contributed by atoms with E-state index in [-0.39, 0.29) is 31.2 Å². The van der Waals surface area contributed by atoms with Gasteiger partial charge in [0.1, 0.15) is 5.54 Å². The number of benzene rings is 1. The molecule has 0 spiro atoms. The highest BCUT2D eigenvalue weighted by molar-refractivity contribution is 5.88. The van der Waals surface area contributed by atoms with Crippen LogP contribution in [0, 0.1) is 0 Å². The first-order valence-corrected chi connectivity index (χ1v) is 8.11. The van der Waals surface area contributed by atoms with E-state index in [1.807, 2.05) is 37.3 Å². The highest BCUT2D eigenvalue weighted by Crippen LogP contribution is 2.14. The number of esters is 1. The zero-order valence-corrected chi connectivity index (χ0v) is 14.6. The Morgan fingerprint density at radius 1 is 1.12 bits per heavy atom. The quantitative estimate of drug-likeness (QED) is 0.672. The van der Waals surface area contributed by atoms with E-state index in [2.05, 4.69) is 10.6 Å². The summed E-state index contributed by atoms with van der Waals surface area (Å²) in [5.74, 6) is -0.902.